The van der Waals surface area contributed by atoms with Gasteiger partial charge in [-0.15, -0.1) is 0 Å². The average molecular weight is 143 g/mol. The van der Waals surface area contributed by atoms with Gasteiger partial charge in [0, 0.05) is 6.04 Å². The summed E-state index contributed by atoms with van der Waals surface area (Å²) in [6.07, 6.45) is 4.98. The summed E-state index contributed by atoms with van der Waals surface area (Å²) in [6, 6.07) is -0.0730. The van der Waals surface area contributed by atoms with E-state index in [2.05, 4.69) is 0 Å². The molecule has 0 aromatic heterocycles. The van der Waals surface area contributed by atoms with Crippen LogP contribution in [-0.2, 0) is 0 Å². The van der Waals surface area contributed by atoms with Crippen molar-refractivity contribution in [2.75, 3.05) is 0 Å². The van der Waals surface area contributed by atoms with Crippen LogP contribution >= 0.6 is 0 Å². The Morgan fingerprint density at radius 3 is 2.60 bits per heavy atom. The Morgan fingerprint density at radius 2 is 2.20 bits per heavy atom. The Kier molecular flexibility index (Phi) is 5.26. The molecule has 0 aromatic carbocycles. The van der Waals surface area contributed by atoms with E-state index in [4.69, 9.17) is 5.73 Å². The molecule has 2 nitrogen and oxygen atoms in total. The van der Waals surface area contributed by atoms with Crippen LogP contribution in [-0.4, -0.2) is 17.3 Å². The lowest BCUT2D eigenvalue weighted by Crippen LogP contribution is -2.33. The van der Waals surface area contributed by atoms with Crippen molar-refractivity contribution in [1.29, 1.82) is 0 Å². The summed E-state index contributed by atoms with van der Waals surface area (Å²) in [5.41, 5.74) is 5.57. The quantitative estimate of drug-likeness (QED) is 0.578. The van der Waals surface area contributed by atoms with E-state index in [1.54, 1.807) is 0 Å². The Bertz CT molecular complexity index is 101. The number of hydrogen-bond acceptors (Lipinski definition) is 2. The standard InChI is InChI=1S/C8H17NO/c1-3-5-6-8(10)7(9)4-2/h3,5,7-8,10H,4,6,9H2,1-2H3/b5-3-. The molecule has 0 aliphatic carbocycles. The second-order valence-corrected chi connectivity index (χ2v) is 2.44. The van der Waals surface area contributed by atoms with Crippen LogP contribution in [0.25, 0.3) is 0 Å². The monoisotopic (exact) mass is 143 g/mol. The van der Waals surface area contributed by atoms with E-state index in [0.29, 0.717) is 6.42 Å². The summed E-state index contributed by atoms with van der Waals surface area (Å²) < 4.78 is 0. The number of rotatable bonds is 4. The van der Waals surface area contributed by atoms with Crippen LogP contribution < -0.4 is 5.73 Å². The molecule has 60 valence electrons. The fraction of sp³-hybridized carbons (Fsp3) is 0.750. The van der Waals surface area contributed by atoms with Gasteiger partial charge in [-0.1, -0.05) is 19.1 Å². The fourth-order valence-corrected chi connectivity index (χ4v) is 0.722. The molecule has 0 heterocycles. The van der Waals surface area contributed by atoms with E-state index < -0.39 is 0 Å². The van der Waals surface area contributed by atoms with Crippen LogP contribution in [0.4, 0.5) is 0 Å². The highest BCUT2D eigenvalue weighted by atomic mass is 16.3. The maximum absolute atomic E-state index is 9.27. The molecule has 0 bridgehead atoms. The smallest absolute Gasteiger partial charge is 0.0725 e. The van der Waals surface area contributed by atoms with Crippen LogP contribution in [0.15, 0.2) is 12.2 Å². The van der Waals surface area contributed by atoms with Crippen molar-refractivity contribution in [2.24, 2.45) is 5.73 Å². The third-order valence-electron chi connectivity index (χ3n) is 1.58. The number of aliphatic hydroxyl groups is 1. The molecule has 0 radical (unpaired) electrons. The lowest BCUT2D eigenvalue weighted by atomic mass is 10.1. The zero-order valence-corrected chi connectivity index (χ0v) is 6.75. The molecule has 3 N–H and O–H groups in total. The Morgan fingerprint density at radius 1 is 1.60 bits per heavy atom. The Labute approximate surface area is 62.7 Å². The van der Waals surface area contributed by atoms with Crippen LogP contribution in [0.5, 0.6) is 0 Å². The van der Waals surface area contributed by atoms with Crippen molar-refractivity contribution in [3.8, 4) is 0 Å². The molecule has 0 aliphatic heterocycles. The highest BCUT2D eigenvalue weighted by molar-refractivity contribution is 4.83. The van der Waals surface area contributed by atoms with Gasteiger partial charge in [-0.05, 0) is 19.8 Å². The highest BCUT2D eigenvalue weighted by Crippen LogP contribution is 2.00. The van der Waals surface area contributed by atoms with E-state index in [0.717, 1.165) is 6.42 Å². The summed E-state index contributed by atoms with van der Waals surface area (Å²) in [6.45, 7) is 3.91. The molecule has 0 rings (SSSR count). The zero-order chi connectivity index (χ0) is 7.98. The summed E-state index contributed by atoms with van der Waals surface area (Å²) in [5, 5.41) is 9.27. The van der Waals surface area contributed by atoms with Crippen molar-refractivity contribution in [3.05, 3.63) is 12.2 Å². The topological polar surface area (TPSA) is 46.2 Å². The van der Waals surface area contributed by atoms with Gasteiger partial charge in [0.25, 0.3) is 0 Å². The van der Waals surface area contributed by atoms with Crippen molar-refractivity contribution in [2.45, 2.75) is 38.8 Å². The molecule has 0 aliphatic rings. The normalized spacial score (nSPS) is 17.6. The molecule has 0 aromatic rings. The van der Waals surface area contributed by atoms with Gasteiger partial charge in [0.15, 0.2) is 0 Å². The van der Waals surface area contributed by atoms with Gasteiger partial charge in [-0.3, -0.25) is 0 Å². The van der Waals surface area contributed by atoms with Crippen molar-refractivity contribution < 1.29 is 5.11 Å². The third kappa shape index (κ3) is 3.64. The van der Waals surface area contributed by atoms with Gasteiger partial charge >= 0.3 is 0 Å². The average Bonchev–Trinajstić information content (AvgIpc) is 1.98. The van der Waals surface area contributed by atoms with E-state index in [1.807, 2.05) is 26.0 Å². The van der Waals surface area contributed by atoms with Crippen molar-refractivity contribution >= 4 is 0 Å². The summed E-state index contributed by atoms with van der Waals surface area (Å²) in [4.78, 5) is 0. The number of aliphatic hydroxyl groups excluding tert-OH is 1. The van der Waals surface area contributed by atoms with Gasteiger partial charge in [0.05, 0.1) is 6.10 Å². The predicted octanol–water partition coefficient (Wildman–Crippen LogP) is 1.05. The largest absolute Gasteiger partial charge is 0.391 e. The van der Waals surface area contributed by atoms with Gasteiger partial charge < -0.3 is 10.8 Å². The first-order valence-corrected chi connectivity index (χ1v) is 3.77. The number of hydrogen-bond donors (Lipinski definition) is 2. The summed E-state index contributed by atoms with van der Waals surface area (Å²) >= 11 is 0. The molecular weight excluding hydrogens is 126 g/mol. The molecule has 0 fully saturated rings. The molecule has 2 heteroatoms. The first-order valence-electron chi connectivity index (χ1n) is 3.77. The van der Waals surface area contributed by atoms with Gasteiger partial charge in [-0.2, -0.15) is 0 Å². The first kappa shape index (κ1) is 9.66. The fourth-order valence-electron chi connectivity index (χ4n) is 0.722. The Hall–Kier alpha value is -0.340. The maximum atomic E-state index is 9.27. The lowest BCUT2D eigenvalue weighted by Gasteiger charge is -2.14. The highest BCUT2D eigenvalue weighted by Gasteiger charge is 2.09. The van der Waals surface area contributed by atoms with Crippen LogP contribution in [0.1, 0.15) is 26.7 Å². The molecule has 2 unspecified atom stereocenters. The molecule has 0 saturated heterocycles. The van der Waals surface area contributed by atoms with Crippen molar-refractivity contribution in [1.82, 2.24) is 0 Å². The number of allylic oxidation sites excluding steroid dienone is 1. The Balaban J connectivity index is 3.50. The van der Waals surface area contributed by atoms with E-state index >= 15 is 0 Å². The third-order valence-corrected chi connectivity index (χ3v) is 1.58. The molecule has 2 atom stereocenters. The minimum Gasteiger partial charge on any atom is -0.391 e. The second kappa shape index (κ2) is 5.45. The minimum atomic E-state index is -0.374. The molecule has 10 heavy (non-hydrogen) atoms. The first-order chi connectivity index (χ1) is 4.72. The van der Waals surface area contributed by atoms with Gasteiger partial charge in [0.2, 0.25) is 0 Å². The molecular formula is C8H17NO. The summed E-state index contributed by atoms with van der Waals surface area (Å²) in [5.74, 6) is 0. The molecule has 0 amide bonds. The summed E-state index contributed by atoms with van der Waals surface area (Å²) in [7, 11) is 0. The SMILES string of the molecule is C/C=C\CC(O)C(N)CC. The van der Waals surface area contributed by atoms with Crippen LogP contribution in [0.2, 0.25) is 0 Å². The van der Waals surface area contributed by atoms with Crippen LogP contribution in [0.3, 0.4) is 0 Å². The van der Waals surface area contributed by atoms with Gasteiger partial charge in [-0.25, -0.2) is 0 Å². The van der Waals surface area contributed by atoms with E-state index in [1.165, 1.54) is 0 Å². The van der Waals surface area contributed by atoms with Crippen molar-refractivity contribution in [3.63, 3.8) is 0 Å². The minimum absolute atomic E-state index is 0.0730. The van der Waals surface area contributed by atoms with Crippen LogP contribution in [0, 0.1) is 0 Å². The second-order valence-electron chi connectivity index (χ2n) is 2.44. The van der Waals surface area contributed by atoms with E-state index in [9.17, 15) is 5.11 Å². The molecule has 0 saturated carbocycles. The maximum Gasteiger partial charge on any atom is 0.0725 e. The lowest BCUT2D eigenvalue weighted by molar-refractivity contribution is 0.145. The number of nitrogens with two attached hydrogens (primary N) is 1. The van der Waals surface area contributed by atoms with E-state index in [-0.39, 0.29) is 12.1 Å². The van der Waals surface area contributed by atoms with Gasteiger partial charge in [0.1, 0.15) is 0 Å². The molecule has 0 spiro atoms. The predicted molar refractivity (Wildman–Crippen MR) is 43.7 cm³/mol. The zero-order valence-electron chi connectivity index (χ0n) is 6.75.